The number of aromatic nitrogens is 1. The molecule has 0 aliphatic heterocycles. The quantitative estimate of drug-likeness (QED) is 0.499. The van der Waals surface area contributed by atoms with E-state index in [-0.39, 0.29) is 5.82 Å². The van der Waals surface area contributed by atoms with E-state index in [2.05, 4.69) is 15.8 Å². The molecule has 6 nitrogen and oxygen atoms in total. The number of aryl methyl sites for hydroxylation is 2. The Morgan fingerprint density at radius 3 is 2.23 bits per heavy atom. The predicted molar refractivity (Wildman–Crippen MR) is 110 cm³/mol. The number of hydrogen-bond donors (Lipinski definition) is 2. The lowest BCUT2D eigenvalue weighted by atomic mass is 10.0. The van der Waals surface area contributed by atoms with Crippen LogP contribution < -0.4 is 10.9 Å². The second-order valence-corrected chi connectivity index (χ2v) is 6.81. The van der Waals surface area contributed by atoms with E-state index in [0.29, 0.717) is 44.8 Å². The molecule has 2 amide bonds. The lowest BCUT2D eigenvalue weighted by Gasteiger charge is -2.11. The maximum absolute atomic E-state index is 13.3. The molecule has 0 fully saturated rings. The molecule has 0 aliphatic rings. The summed E-state index contributed by atoms with van der Waals surface area (Å²) in [5, 5.41) is 0.630. The van der Waals surface area contributed by atoms with Crippen molar-refractivity contribution in [3.63, 3.8) is 0 Å². The lowest BCUT2D eigenvalue weighted by molar-refractivity contribution is 0.0846. The molecule has 0 bridgehead atoms. The van der Waals surface area contributed by atoms with Gasteiger partial charge in [-0.25, -0.2) is 9.37 Å². The van der Waals surface area contributed by atoms with Gasteiger partial charge in [-0.1, -0.05) is 18.2 Å². The molecular weight excluding hydrogens is 385 g/mol. The normalized spacial score (nSPS) is 10.8. The van der Waals surface area contributed by atoms with E-state index in [1.165, 1.54) is 12.1 Å². The van der Waals surface area contributed by atoms with Crippen LogP contribution >= 0.6 is 0 Å². The van der Waals surface area contributed by atoms with Crippen LogP contribution in [0.3, 0.4) is 0 Å². The third-order valence-corrected chi connectivity index (χ3v) is 4.68. The van der Waals surface area contributed by atoms with Crippen molar-refractivity contribution in [3.05, 3.63) is 89.1 Å². The second kappa shape index (κ2) is 7.79. The number of para-hydroxylation sites is 1. The molecule has 0 radical (unpaired) electrons. The SMILES string of the molecule is Cc1cc(C(=O)NNC(=O)c2cc(-c3ccc(F)cc3)nc3ccccc23)c(C)o1. The Hall–Kier alpha value is -4.00. The lowest BCUT2D eigenvalue weighted by Crippen LogP contribution is -2.41. The van der Waals surface area contributed by atoms with E-state index in [9.17, 15) is 14.0 Å². The van der Waals surface area contributed by atoms with E-state index in [1.54, 1.807) is 56.3 Å². The first-order valence-electron chi connectivity index (χ1n) is 9.26. The Bertz CT molecular complexity index is 1260. The summed E-state index contributed by atoms with van der Waals surface area (Å²) in [5.41, 5.74) is 7.34. The van der Waals surface area contributed by atoms with Crippen molar-refractivity contribution in [1.82, 2.24) is 15.8 Å². The van der Waals surface area contributed by atoms with Crippen LogP contribution in [-0.4, -0.2) is 16.8 Å². The van der Waals surface area contributed by atoms with Gasteiger partial charge in [0.05, 0.1) is 22.3 Å². The van der Waals surface area contributed by atoms with Gasteiger partial charge in [-0.05, 0) is 56.3 Å². The number of halogens is 1. The van der Waals surface area contributed by atoms with Gasteiger partial charge in [0.15, 0.2) is 0 Å². The summed E-state index contributed by atoms with van der Waals surface area (Å²) in [6, 6.07) is 16.3. The van der Waals surface area contributed by atoms with Crippen LogP contribution in [0, 0.1) is 19.7 Å². The van der Waals surface area contributed by atoms with Crippen molar-refractivity contribution < 1.29 is 18.4 Å². The van der Waals surface area contributed by atoms with Crippen LogP contribution in [0.2, 0.25) is 0 Å². The largest absolute Gasteiger partial charge is 0.466 e. The standard InChI is InChI=1S/C23H18FN3O3/c1-13-11-18(14(2)30-13)22(28)26-27-23(29)19-12-21(15-7-9-16(24)10-8-15)25-20-6-4-3-5-17(19)20/h3-12H,1-2H3,(H,26,28)(H,27,29). The van der Waals surface area contributed by atoms with Crippen LogP contribution in [0.15, 0.2) is 65.1 Å². The minimum atomic E-state index is -0.497. The summed E-state index contributed by atoms with van der Waals surface area (Å²) in [6.45, 7) is 3.41. The van der Waals surface area contributed by atoms with E-state index in [4.69, 9.17) is 4.42 Å². The molecule has 0 saturated carbocycles. The number of amides is 2. The number of benzene rings is 2. The number of carbonyl (C=O) groups is 2. The van der Waals surface area contributed by atoms with E-state index < -0.39 is 11.8 Å². The van der Waals surface area contributed by atoms with Crippen molar-refractivity contribution in [2.75, 3.05) is 0 Å². The van der Waals surface area contributed by atoms with Crippen molar-refractivity contribution in [1.29, 1.82) is 0 Å². The molecule has 2 heterocycles. The predicted octanol–water partition coefficient (Wildman–Crippen LogP) is 4.33. The molecule has 0 spiro atoms. The zero-order valence-corrected chi connectivity index (χ0v) is 16.3. The van der Waals surface area contributed by atoms with Gasteiger partial charge in [0.25, 0.3) is 11.8 Å². The molecule has 2 N–H and O–H groups in total. The smallest absolute Gasteiger partial charge is 0.273 e. The first-order chi connectivity index (χ1) is 14.4. The number of pyridine rings is 1. The number of hydrogen-bond acceptors (Lipinski definition) is 4. The third kappa shape index (κ3) is 3.77. The maximum Gasteiger partial charge on any atom is 0.273 e. The average Bonchev–Trinajstić information content (AvgIpc) is 3.09. The first kappa shape index (κ1) is 19.3. The summed E-state index contributed by atoms with van der Waals surface area (Å²) >= 11 is 0. The average molecular weight is 403 g/mol. The molecule has 0 atom stereocenters. The summed E-state index contributed by atoms with van der Waals surface area (Å²) in [5.74, 6) is -0.261. The van der Waals surface area contributed by atoms with Gasteiger partial charge < -0.3 is 4.42 Å². The Kier molecular flexibility index (Phi) is 5.02. The highest BCUT2D eigenvalue weighted by Gasteiger charge is 2.17. The molecular formula is C23H18FN3O3. The minimum Gasteiger partial charge on any atom is -0.466 e. The number of nitrogens with one attached hydrogen (secondary N) is 2. The first-order valence-corrected chi connectivity index (χ1v) is 9.26. The molecule has 0 aliphatic carbocycles. The fourth-order valence-electron chi connectivity index (χ4n) is 3.24. The van der Waals surface area contributed by atoms with Gasteiger partial charge in [-0.3, -0.25) is 20.4 Å². The fourth-order valence-corrected chi connectivity index (χ4v) is 3.24. The van der Waals surface area contributed by atoms with E-state index in [1.807, 2.05) is 6.07 Å². The molecule has 30 heavy (non-hydrogen) atoms. The van der Waals surface area contributed by atoms with Crippen LogP contribution in [-0.2, 0) is 0 Å². The zero-order chi connectivity index (χ0) is 21.3. The number of hydrazine groups is 1. The van der Waals surface area contributed by atoms with Crippen molar-refractivity contribution in [2.24, 2.45) is 0 Å². The molecule has 4 rings (SSSR count). The zero-order valence-electron chi connectivity index (χ0n) is 16.3. The topological polar surface area (TPSA) is 84.2 Å². The summed E-state index contributed by atoms with van der Waals surface area (Å²) < 4.78 is 18.6. The Morgan fingerprint density at radius 2 is 1.57 bits per heavy atom. The monoisotopic (exact) mass is 403 g/mol. The van der Waals surface area contributed by atoms with Crippen LogP contribution in [0.1, 0.15) is 32.2 Å². The Balaban J connectivity index is 1.65. The van der Waals surface area contributed by atoms with Gasteiger partial charge >= 0.3 is 0 Å². The number of nitrogens with zero attached hydrogens (tertiary/aromatic N) is 1. The summed E-state index contributed by atoms with van der Waals surface area (Å²) in [7, 11) is 0. The highest BCUT2D eigenvalue weighted by molar-refractivity contribution is 6.08. The highest BCUT2D eigenvalue weighted by atomic mass is 19.1. The number of rotatable bonds is 3. The van der Waals surface area contributed by atoms with Crippen molar-refractivity contribution >= 4 is 22.7 Å². The van der Waals surface area contributed by atoms with Gasteiger partial charge in [0, 0.05) is 10.9 Å². The maximum atomic E-state index is 13.3. The molecule has 2 aromatic heterocycles. The Morgan fingerprint density at radius 1 is 0.900 bits per heavy atom. The highest BCUT2D eigenvalue weighted by Crippen LogP contribution is 2.25. The number of fused-ring (bicyclic) bond motifs is 1. The van der Waals surface area contributed by atoms with Gasteiger partial charge in [0.1, 0.15) is 17.3 Å². The molecule has 2 aromatic carbocycles. The van der Waals surface area contributed by atoms with Gasteiger partial charge in [-0.15, -0.1) is 0 Å². The van der Waals surface area contributed by atoms with Crippen LogP contribution in [0.4, 0.5) is 4.39 Å². The van der Waals surface area contributed by atoms with Crippen LogP contribution in [0.25, 0.3) is 22.2 Å². The Labute approximate surface area is 171 Å². The van der Waals surface area contributed by atoms with Crippen molar-refractivity contribution in [2.45, 2.75) is 13.8 Å². The second-order valence-electron chi connectivity index (χ2n) is 6.81. The number of furan rings is 1. The number of carbonyl (C=O) groups excluding carboxylic acids is 2. The van der Waals surface area contributed by atoms with Crippen LogP contribution in [0.5, 0.6) is 0 Å². The van der Waals surface area contributed by atoms with E-state index in [0.717, 1.165) is 0 Å². The van der Waals surface area contributed by atoms with Gasteiger partial charge in [0.2, 0.25) is 0 Å². The molecule has 0 saturated heterocycles. The molecule has 0 unspecified atom stereocenters. The minimum absolute atomic E-state index is 0.334. The summed E-state index contributed by atoms with van der Waals surface area (Å²) in [6.07, 6.45) is 0. The molecule has 4 aromatic rings. The fraction of sp³-hybridized carbons (Fsp3) is 0.0870. The molecule has 150 valence electrons. The van der Waals surface area contributed by atoms with Gasteiger partial charge in [-0.2, -0.15) is 0 Å². The summed E-state index contributed by atoms with van der Waals surface area (Å²) in [4.78, 5) is 29.8. The van der Waals surface area contributed by atoms with E-state index >= 15 is 0 Å². The van der Waals surface area contributed by atoms with Crippen molar-refractivity contribution in [3.8, 4) is 11.3 Å². The molecule has 7 heteroatoms. The third-order valence-electron chi connectivity index (χ3n) is 4.68.